The fourth-order valence-electron chi connectivity index (χ4n) is 2.31. The largest absolute Gasteiger partial charge is 0.491 e. The number of carbonyl (C=O) groups is 1. The van der Waals surface area contributed by atoms with Crippen molar-refractivity contribution in [1.82, 2.24) is 4.98 Å². The summed E-state index contributed by atoms with van der Waals surface area (Å²) < 4.78 is 11.2. The van der Waals surface area contributed by atoms with Crippen LogP contribution in [0.15, 0.2) is 29.8 Å². The predicted octanol–water partition coefficient (Wildman–Crippen LogP) is 3.26. The standard InChI is InChI=1S/C16H18N2O3S/c1-11-15(22-10-17-11)16(19)18-12-4-6-13(7-5-12)21-9-14-3-2-8-20-14/h4-7,10,14H,2-3,8-9H2,1H3,(H,18,19). The first-order chi connectivity index (χ1) is 10.7. The maximum atomic E-state index is 12.1. The molecule has 5 nitrogen and oxygen atoms in total. The van der Waals surface area contributed by atoms with Crippen LogP contribution < -0.4 is 10.1 Å². The minimum absolute atomic E-state index is 0.131. The number of hydrogen-bond donors (Lipinski definition) is 1. The normalized spacial score (nSPS) is 17.4. The van der Waals surface area contributed by atoms with E-state index in [4.69, 9.17) is 9.47 Å². The number of aromatic nitrogens is 1. The van der Waals surface area contributed by atoms with Crippen LogP contribution in [0.25, 0.3) is 0 Å². The smallest absolute Gasteiger partial charge is 0.267 e. The van der Waals surface area contributed by atoms with Gasteiger partial charge in [-0.25, -0.2) is 4.98 Å². The number of thiazole rings is 1. The zero-order chi connectivity index (χ0) is 15.4. The van der Waals surface area contributed by atoms with Gasteiger partial charge in [0, 0.05) is 12.3 Å². The summed E-state index contributed by atoms with van der Waals surface area (Å²) in [7, 11) is 0. The molecule has 2 heterocycles. The summed E-state index contributed by atoms with van der Waals surface area (Å²) in [5.74, 6) is 0.649. The highest BCUT2D eigenvalue weighted by atomic mass is 32.1. The Labute approximate surface area is 133 Å². The molecule has 6 heteroatoms. The van der Waals surface area contributed by atoms with Crippen LogP contribution in [-0.4, -0.2) is 30.2 Å². The minimum Gasteiger partial charge on any atom is -0.491 e. The van der Waals surface area contributed by atoms with Gasteiger partial charge in [0.05, 0.1) is 17.3 Å². The molecule has 1 aromatic heterocycles. The third-order valence-corrected chi connectivity index (χ3v) is 4.45. The molecule has 0 spiro atoms. The Morgan fingerprint density at radius 3 is 2.91 bits per heavy atom. The van der Waals surface area contributed by atoms with E-state index in [2.05, 4.69) is 10.3 Å². The fourth-order valence-corrected chi connectivity index (χ4v) is 3.00. The van der Waals surface area contributed by atoms with Crippen molar-refractivity contribution in [3.63, 3.8) is 0 Å². The van der Waals surface area contributed by atoms with Crippen molar-refractivity contribution in [2.24, 2.45) is 0 Å². The zero-order valence-corrected chi connectivity index (χ0v) is 13.2. The number of aryl methyl sites for hydroxylation is 1. The van der Waals surface area contributed by atoms with Gasteiger partial charge in [0.2, 0.25) is 0 Å². The minimum atomic E-state index is -0.131. The average molecular weight is 318 g/mol. The van der Waals surface area contributed by atoms with Crippen molar-refractivity contribution in [1.29, 1.82) is 0 Å². The van der Waals surface area contributed by atoms with Crippen LogP contribution >= 0.6 is 11.3 Å². The van der Waals surface area contributed by atoms with Crippen LogP contribution in [-0.2, 0) is 4.74 Å². The maximum absolute atomic E-state index is 12.1. The molecule has 0 bridgehead atoms. The molecule has 1 aliphatic heterocycles. The summed E-state index contributed by atoms with van der Waals surface area (Å²) in [6.07, 6.45) is 2.37. The van der Waals surface area contributed by atoms with Crippen molar-refractivity contribution in [2.75, 3.05) is 18.5 Å². The van der Waals surface area contributed by atoms with Gasteiger partial charge in [-0.05, 0) is 44.0 Å². The lowest BCUT2D eigenvalue weighted by molar-refractivity contribution is 0.0679. The van der Waals surface area contributed by atoms with E-state index in [0.29, 0.717) is 11.5 Å². The van der Waals surface area contributed by atoms with Crippen LogP contribution in [0, 0.1) is 6.92 Å². The molecule has 116 valence electrons. The Kier molecular flexibility index (Phi) is 4.70. The highest BCUT2D eigenvalue weighted by molar-refractivity contribution is 7.12. The first-order valence-electron chi connectivity index (χ1n) is 7.28. The molecule has 2 aromatic rings. The Morgan fingerprint density at radius 1 is 1.45 bits per heavy atom. The number of hydrogen-bond acceptors (Lipinski definition) is 5. The van der Waals surface area contributed by atoms with E-state index in [1.165, 1.54) is 11.3 Å². The second kappa shape index (κ2) is 6.89. The molecule has 1 fully saturated rings. The van der Waals surface area contributed by atoms with Crippen LogP contribution in [0.1, 0.15) is 28.2 Å². The van der Waals surface area contributed by atoms with Gasteiger partial charge in [-0.15, -0.1) is 11.3 Å². The summed E-state index contributed by atoms with van der Waals surface area (Å²) >= 11 is 1.34. The van der Waals surface area contributed by atoms with Gasteiger partial charge in [-0.2, -0.15) is 0 Å². The highest BCUT2D eigenvalue weighted by Gasteiger charge is 2.16. The molecule has 1 unspecified atom stereocenters. The molecule has 1 saturated heterocycles. The molecule has 1 aliphatic rings. The van der Waals surface area contributed by atoms with Crippen molar-refractivity contribution in [2.45, 2.75) is 25.9 Å². The second-order valence-corrected chi connectivity index (χ2v) is 6.05. The Bertz CT molecular complexity index is 633. The van der Waals surface area contributed by atoms with E-state index in [0.717, 1.165) is 36.6 Å². The van der Waals surface area contributed by atoms with Crippen molar-refractivity contribution < 1.29 is 14.3 Å². The molecular formula is C16H18N2O3S. The van der Waals surface area contributed by atoms with E-state index in [1.807, 2.05) is 31.2 Å². The summed E-state index contributed by atoms with van der Waals surface area (Å²) in [4.78, 5) is 16.8. The number of nitrogens with one attached hydrogen (secondary N) is 1. The first-order valence-corrected chi connectivity index (χ1v) is 8.16. The summed E-state index contributed by atoms with van der Waals surface area (Å²) in [6.45, 7) is 3.23. The molecule has 3 rings (SSSR count). The number of ether oxygens (including phenoxy) is 2. The number of carbonyl (C=O) groups excluding carboxylic acids is 1. The number of anilines is 1. The number of amides is 1. The zero-order valence-electron chi connectivity index (χ0n) is 12.4. The van der Waals surface area contributed by atoms with Gasteiger partial charge < -0.3 is 14.8 Å². The third kappa shape index (κ3) is 3.64. The summed E-state index contributed by atoms with van der Waals surface area (Å²) in [5, 5.41) is 2.86. The molecule has 22 heavy (non-hydrogen) atoms. The lowest BCUT2D eigenvalue weighted by Crippen LogP contribution is -2.16. The van der Waals surface area contributed by atoms with E-state index in [9.17, 15) is 4.79 Å². The highest BCUT2D eigenvalue weighted by Crippen LogP contribution is 2.20. The molecular weight excluding hydrogens is 300 g/mol. The lowest BCUT2D eigenvalue weighted by atomic mass is 10.2. The van der Waals surface area contributed by atoms with E-state index in [-0.39, 0.29) is 12.0 Å². The van der Waals surface area contributed by atoms with Crippen molar-refractivity contribution >= 4 is 22.9 Å². The topological polar surface area (TPSA) is 60.5 Å². The van der Waals surface area contributed by atoms with Crippen LogP contribution in [0.2, 0.25) is 0 Å². The average Bonchev–Trinajstić information content (AvgIpc) is 3.18. The molecule has 0 saturated carbocycles. The van der Waals surface area contributed by atoms with Crippen LogP contribution in [0.5, 0.6) is 5.75 Å². The van der Waals surface area contributed by atoms with Gasteiger partial charge in [-0.1, -0.05) is 0 Å². The first kappa shape index (κ1) is 15.0. The molecule has 1 N–H and O–H groups in total. The van der Waals surface area contributed by atoms with Crippen molar-refractivity contribution in [3.05, 3.63) is 40.3 Å². The van der Waals surface area contributed by atoms with Gasteiger partial charge in [-0.3, -0.25) is 4.79 Å². The second-order valence-electron chi connectivity index (χ2n) is 5.19. The van der Waals surface area contributed by atoms with E-state index < -0.39 is 0 Å². The monoisotopic (exact) mass is 318 g/mol. The van der Waals surface area contributed by atoms with E-state index in [1.54, 1.807) is 5.51 Å². The van der Waals surface area contributed by atoms with Crippen molar-refractivity contribution in [3.8, 4) is 5.75 Å². The molecule has 0 radical (unpaired) electrons. The van der Waals surface area contributed by atoms with Gasteiger partial charge in [0.1, 0.15) is 17.2 Å². The molecule has 1 atom stereocenters. The Hall–Kier alpha value is -1.92. The Morgan fingerprint density at radius 2 is 2.27 bits per heavy atom. The SMILES string of the molecule is Cc1ncsc1C(=O)Nc1ccc(OCC2CCCO2)cc1. The molecule has 1 aromatic carbocycles. The van der Waals surface area contributed by atoms with E-state index >= 15 is 0 Å². The fraction of sp³-hybridized carbons (Fsp3) is 0.375. The number of nitrogens with zero attached hydrogens (tertiary/aromatic N) is 1. The Balaban J connectivity index is 1.54. The lowest BCUT2D eigenvalue weighted by Gasteiger charge is -2.12. The number of rotatable bonds is 5. The number of benzene rings is 1. The van der Waals surface area contributed by atoms with Gasteiger partial charge in [0.25, 0.3) is 5.91 Å². The van der Waals surface area contributed by atoms with Crippen LogP contribution in [0.4, 0.5) is 5.69 Å². The summed E-state index contributed by atoms with van der Waals surface area (Å²) in [6, 6.07) is 7.37. The summed E-state index contributed by atoms with van der Waals surface area (Å²) in [5.41, 5.74) is 3.16. The third-order valence-electron chi connectivity index (χ3n) is 3.52. The van der Waals surface area contributed by atoms with Crippen LogP contribution in [0.3, 0.4) is 0 Å². The van der Waals surface area contributed by atoms with Gasteiger partial charge in [0.15, 0.2) is 0 Å². The predicted molar refractivity (Wildman–Crippen MR) is 85.7 cm³/mol. The maximum Gasteiger partial charge on any atom is 0.267 e. The molecule has 1 amide bonds. The van der Waals surface area contributed by atoms with Gasteiger partial charge >= 0.3 is 0 Å². The quantitative estimate of drug-likeness (QED) is 0.919. The molecule has 0 aliphatic carbocycles.